The first kappa shape index (κ1) is 74.0. The SMILES string of the molecule is BrCc1nnc(-c2ccccc2)o1.COc1ccc(-c2nnc(C(Cl)(Cl)Cl)o2)cc1.Cc1ccc(-c2nnc(C(Br)(Br)Br)o2)cc1.ClC(Cl)(Cl)c1nnc(-c2ccccc2)o1.ClC(Cl)c1nnc(-c2ccccc2)o1.[C-]#[N+]c1ccc(-c2nnc(C(Cl)(Cl)Cl)o2)cc1. The van der Waals surface area contributed by atoms with Crippen LogP contribution in [0.5, 0.6) is 5.75 Å². The van der Waals surface area contributed by atoms with Crippen molar-refractivity contribution >= 4 is 197 Å². The number of aromatic nitrogens is 12. The average Bonchev–Trinajstić information content (AvgIpc) is 1.85. The summed E-state index contributed by atoms with van der Waals surface area (Å²) in [6.07, 6.45) is 0. The maximum absolute atomic E-state index is 6.83. The molecule has 12 rings (SSSR count). The van der Waals surface area contributed by atoms with Crippen molar-refractivity contribution in [2.24, 2.45) is 0 Å². The fraction of sp³-hybridized carbons (Fsp3) is 0.140. The summed E-state index contributed by atoms with van der Waals surface area (Å²) in [4.78, 5) is 2.49. The lowest BCUT2D eigenvalue weighted by Gasteiger charge is -2.03. The Kier molecular flexibility index (Phi) is 28.0. The van der Waals surface area contributed by atoms with Crippen molar-refractivity contribution in [1.29, 1.82) is 0 Å². The van der Waals surface area contributed by atoms with Crippen molar-refractivity contribution in [3.8, 4) is 74.5 Å². The molecule has 6 aromatic heterocycles. The van der Waals surface area contributed by atoms with Gasteiger partial charge >= 0.3 is 0 Å². The summed E-state index contributed by atoms with van der Waals surface area (Å²) in [7, 11) is 1.59. The Labute approximate surface area is 611 Å². The molecule has 12 aromatic rings. The lowest BCUT2D eigenvalue weighted by Crippen LogP contribution is -1.99. The molecule has 476 valence electrons. The van der Waals surface area contributed by atoms with E-state index in [0.29, 0.717) is 51.9 Å². The zero-order valence-electron chi connectivity index (χ0n) is 46.2. The fourth-order valence-corrected chi connectivity index (χ4v) is 8.10. The number of halogens is 15. The first-order valence-electron chi connectivity index (χ1n) is 25.2. The van der Waals surface area contributed by atoms with Crippen molar-refractivity contribution in [2.45, 2.75) is 30.6 Å². The Morgan fingerprint density at radius 2 is 0.728 bits per heavy atom. The smallest absolute Gasteiger partial charge is 0.268 e. The quantitative estimate of drug-likeness (QED) is 0.0962. The molecule has 0 aliphatic rings. The molecular formula is C57H36Br4Cl11N13O7. The monoisotopic (exact) mass is 1710 g/mol. The molecule has 6 heterocycles. The molecule has 6 aromatic carbocycles. The minimum Gasteiger partial charge on any atom is -0.497 e. The van der Waals surface area contributed by atoms with Gasteiger partial charge in [-0.3, -0.25) is 0 Å². The molecule has 0 saturated carbocycles. The predicted molar refractivity (Wildman–Crippen MR) is 369 cm³/mol. The minimum absolute atomic E-state index is 0.0358. The van der Waals surface area contributed by atoms with Gasteiger partial charge in [-0.25, -0.2) is 4.85 Å². The first-order chi connectivity index (χ1) is 43.7. The van der Waals surface area contributed by atoms with Crippen LogP contribution in [-0.4, -0.2) is 68.3 Å². The van der Waals surface area contributed by atoms with E-state index in [1.54, 1.807) is 55.6 Å². The van der Waals surface area contributed by atoms with Crippen molar-refractivity contribution < 1.29 is 31.2 Å². The first-order valence-corrected chi connectivity index (χ1v) is 33.0. The van der Waals surface area contributed by atoms with E-state index in [0.717, 1.165) is 33.6 Å². The summed E-state index contributed by atoms with van der Waals surface area (Å²) >= 11 is 74.8. The van der Waals surface area contributed by atoms with E-state index in [9.17, 15) is 0 Å². The second kappa shape index (κ2) is 34.8. The fourth-order valence-electron chi connectivity index (χ4n) is 6.53. The molecule has 0 unspecified atom stereocenters. The molecule has 0 atom stereocenters. The van der Waals surface area contributed by atoms with Gasteiger partial charge in [-0.2, -0.15) is 0 Å². The van der Waals surface area contributed by atoms with Gasteiger partial charge in [-0.05, 0) is 128 Å². The predicted octanol–water partition coefficient (Wildman–Crippen LogP) is 21.4. The molecule has 0 aliphatic heterocycles. The molecule has 0 aliphatic carbocycles. The Balaban J connectivity index is 0.000000157. The number of hydrogen-bond acceptors (Lipinski definition) is 19. The van der Waals surface area contributed by atoms with E-state index in [1.807, 2.05) is 122 Å². The number of nitrogens with zero attached hydrogens (tertiary/aromatic N) is 13. The summed E-state index contributed by atoms with van der Waals surface area (Å²) in [5.74, 6) is 4.11. The zero-order valence-corrected chi connectivity index (χ0v) is 60.9. The molecular weight excluding hydrogens is 1690 g/mol. The van der Waals surface area contributed by atoms with Crippen LogP contribution in [0.15, 0.2) is 190 Å². The number of methoxy groups -OCH3 is 1. The third-order valence-electron chi connectivity index (χ3n) is 10.8. The minimum atomic E-state index is -1.73. The molecule has 20 nitrogen and oxygen atoms in total. The average molecular weight is 1720 g/mol. The van der Waals surface area contributed by atoms with Crippen LogP contribution in [0, 0.1) is 13.5 Å². The summed E-state index contributed by atoms with van der Waals surface area (Å²) in [6, 6.07) is 50.0. The summed E-state index contributed by atoms with van der Waals surface area (Å²) in [6.45, 7) is 8.86. The van der Waals surface area contributed by atoms with E-state index in [-0.39, 0.29) is 35.3 Å². The van der Waals surface area contributed by atoms with Gasteiger partial charge in [0, 0.05) is 33.4 Å². The van der Waals surface area contributed by atoms with Gasteiger partial charge in [0.15, 0.2) is 10.5 Å². The highest BCUT2D eigenvalue weighted by atomic mass is 80.0. The molecule has 35 heteroatoms. The van der Waals surface area contributed by atoms with Gasteiger partial charge in [0.1, 0.15) is 5.75 Å². The molecule has 0 spiro atoms. The maximum atomic E-state index is 6.83. The Hall–Kier alpha value is -5.44. The van der Waals surface area contributed by atoms with Crippen LogP contribution in [0.25, 0.3) is 73.6 Å². The van der Waals surface area contributed by atoms with Crippen molar-refractivity contribution in [1.82, 2.24) is 61.2 Å². The van der Waals surface area contributed by atoms with Crippen LogP contribution >= 0.6 is 191 Å². The number of alkyl halides is 15. The van der Waals surface area contributed by atoms with Crippen LogP contribution in [0.1, 0.15) is 45.7 Å². The highest BCUT2D eigenvalue weighted by molar-refractivity contribution is 9.38. The van der Waals surface area contributed by atoms with Crippen LogP contribution < -0.4 is 4.74 Å². The topological polar surface area (TPSA) is 247 Å². The molecule has 92 heavy (non-hydrogen) atoms. The molecule has 0 saturated heterocycles. The second-order valence-electron chi connectivity index (χ2n) is 17.4. The zero-order chi connectivity index (χ0) is 66.6. The molecule has 0 amide bonds. The molecule has 0 fully saturated rings. The largest absolute Gasteiger partial charge is 0.497 e. The highest BCUT2D eigenvalue weighted by Gasteiger charge is 2.33. The van der Waals surface area contributed by atoms with E-state index in [2.05, 4.69) is 130 Å². The van der Waals surface area contributed by atoms with Gasteiger partial charge in [0.2, 0.25) is 49.3 Å². The lowest BCUT2D eigenvalue weighted by atomic mass is 10.1. The number of aryl methyl sites for hydroxylation is 1. The third kappa shape index (κ3) is 22.9. The van der Waals surface area contributed by atoms with E-state index in [1.165, 1.54) is 5.56 Å². The van der Waals surface area contributed by atoms with Crippen LogP contribution in [-0.2, 0) is 18.9 Å². The Morgan fingerprint density at radius 1 is 0.413 bits per heavy atom. The van der Waals surface area contributed by atoms with Gasteiger partial charge in [-0.15, -0.1) is 61.2 Å². The van der Waals surface area contributed by atoms with Crippen LogP contribution in [0.4, 0.5) is 5.69 Å². The second-order valence-corrected chi connectivity index (χ2v) is 32.6. The maximum Gasteiger partial charge on any atom is 0.268 e. The number of rotatable bonds is 9. The third-order valence-corrected chi connectivity index (χ3v) is 14.1. The highest BCUT2D eigenvalue weighted by Crippen LogP contribution is 2.44. The Morgan fingerprint density at radius 3 is 1.03 bits per heavy atom. The van der Waals surface area contributed by atoms with E-state index >= 15 is 0 Å². The normalized spacial score (nSPS) is 11.2. The summed E-state index contributed by atoms with van der Waals surface area (Å²) in [5.41, 5.74) is 6.58. The summed E-state index contributed by atoms with van der Waals surface area (Å²) in [5, 5.41) is 46.1. The van der Waals surface area contributed by atoms with Crippen molar-refractivity contribution in [3.63, 3.8) is 0 Å². The van der Waals surface area contributed by atoms with E-state index in [4.69, 9.17) is 165 Å². The van der Waals surface area contributed by atoms with E-state index < -0.39 is 18.4 Å². The number of hydrogen-bond donors (Lipinski definition) is 0. The number of benzene rings is 6. The molecule has 0 bridgehead atoms. The molecule has 0 N–H and O–H groups in total. The van der Waals surface area contributed by atoms with Gasteiger partial charge < -0.3 is 31.2 Å². The Bertz CT molecular complexity index is 4220. The van der Waals surface area contributed by atoms with Crippen LogP contribution in [0.3, 0.4) is 0 Å². The number of ether oxygens (including phenoxy) is 1. The standard InChI is InChI=1S/C10H7Br3N2O.C10H4Cl3N3O.C10H7Cl3N2O2.C9H7BrN2O.C9H5Cl3N2O.C9H6Cl2N2O/c1-6-2-4-7(5-3-6)8-14-15-9(16-8)10(11,12)13;1-14-7-4-2-6(3-5-7)8-15-16-9(17-8)10(11,12)13;1-16-7-4-2-6(3-5-7)8-14-15-9(17-8)10(11,12)13;10-6-8-11-12-9(13-8)7-4-2-1-3-5-7;10-9(11,12)8-14-13-7(15-8)6-4-2-1-3-5-6;10-7(11)9-13-12-8(14-9)6-4-2-1-3-5-6/h2-5H,1H3;2-5H;2-5H,1H3;1-5H,6H2;1-5H;1-5,7H. The lowest BCUT2D eigenvalue weighted by molar-refractivity contribution is 0.415. The van der Waals surface area contributed by atoms with Gasteiger partial charge in [0.25, 0.3) is 34.9 Å². The summed E-state index contributed by atoms with van der Waals surface area (Å²) < 4.78 is 31.0. The van der Waals surface area contributed by atoms with Crippen LogP contribution in [0.2, 0.25) is 0 Å². The van der Waals surface area contributed by atoms with Gasteiger partial charge in [-0.1, -0.05) is 240 Å². The van der Waals surface area contributed by atoms with Crippen molar-refractivity contribution in [2.75, 3.05) is 7.11 Å². The molecule has 0 radical (unpaired) electrons. The van der Waals surface area contributed by atoms with Gasteiger partial charge in [0.05, 0.1) is 19.0 Å². The van der Waals surface area contributed by atoms with Crippen molar-refractivity contribution in [3.05, 3.63) is 216 Å².